The normalized spacial score (nSPS) is 16.7. The van der Waals surface area contributed by atoms with Gasteiger partial charge in [-0.2, -0.15) is 0 Å². The van der Waals surface area contributed by atoms with Gasteiger partial charge >= 0.3 is 6.09 Å². The van der Waals surface area contributed by atoms with Gasteiger partial charge in [-0.25, -0.2) is 14.8 Å². The summed E-state index contributed by atoms with van der Waals surface area (Å²) >= 11 is 0. The fourth-order valence-electron chi connectivity index (χ4n) is 4.58. The minimum atomic E-state index is -0.943. The lowest BCUT2D eigenvalue weighted by Crippen LogP contribution is -2.58. The summed E-state index contributed by atoms with van der Waals surface area (Å²) in [5.41, 5.74) is 9.07. The van der Waals surface area contributed by atoms with Gasteiger partial charge in [-0.05, 0) is 30.0 Å². The first kappa shape index (κ1) is 23.1. The third kappa shape index (κ3) is 4.25. The van der Waals surface area contributed by atoms with E-state index in [-0.39, 0.29) is 12.0 Å². The number of nitrogen functional groups attached to an aromatic ring is 1. The van der Waals surface area contributed by atoms with Crippen LogP contribution in [0.4, 0.5) is 10.6 Å². The Morgan fingerprint density at radius 2 is 1.86 bits per heavy atom. The smallest absolute Gasteiger partial charge is 0.407 e. The minimum Gasteiger partial charge on any atom is -0.497 e. The molecule has 4 aromatic rings. The first-order valence-corrected chi connectivity index (χ1v) is 11.4. The zero-order valence-electron chi connectivity index (χ0n) is 19.9. The number of fused-ring (bicyclic) bond motifs is 1. The molecule has 1 fully saturated rings. The van der Waals surface area contributed by atoms with Gasteiger partial charge in [-0.1, -0.05) is 36.3 Å². The van der Waals surface area contributed by atoms with Crippen molar-refractivity contribution < 1.29 is 19.4 Å². The number of benzene rings is 2. The average Bonchev–Trinajstić information content (AvgIpc) is 3.24. The molecule has 3 N–H and O–H groups in total. The van der Waals surface area contributed by atoms with Crippen LogP contribution < -0.4 is 15.2 Å². The summed E-state index contributed by atoms with van der Waals surface area (Å²) in [5.74, 6) is 8.40. The van der Waals surface area contributed by atoms with Gasteiger partial charge in [0.25, 0.3) is 0 Å². The summed E-state index contributed by atoms with van der Waals surface area (Å²) in [6.07, 6.45) is 3.04. The number of carboxylic acid groups (broad SMARTS) is 1. The molecule has 182 valence electrons. The number of nitrogens with two attached hydrogens (primary N) is 1. The second kappa shape index (κ2) is 9.50. The van der Waals surface area contributed by atoms with E-state index in [0.29, 0.717) is 52.9 Å². The summed E-state index contributed by atoms with van der Waals surface area (Å²) in [6, 6.07) is 15.0. The van der Waals surface area contributed by atoms with Crippen molar-refractivity contribution in [3.63, 3.8) is 0 Å². The van der Waals surface area contributed by atoms with E-state index in [9.17, 15) is 9.90 Å². The summed E-state index contributed by atoms with van der Waals surface area (Å²) < 4.78 is 12.5. The van der Waals surface area contributed by atoms with Crippen molar-refractivity contribution in [3.8, 4) is 23.3 Å². The van der Waals surface area contributed by atoms with Crippen molar-refractivity contribution in [2.24, 2.45) is 0 Å². The van der Waals surface area contributed by atoms with Gasteiger partial charge in [0.2, 0.25) is 0 Å². The lowest BCUT2D eigenvalue weighted by molar-refractivity contribution is 0.0530. The molecule has 0 radical (unpaired) electrons. The molecule has 1 aliphatic heterocycles. The third-order valence-electron chi connectivity index (χ3n) is 6.41. The van der Waals surface area contributed by atoms with Gasteiger partial charge in [-0.3, -0.25) is 4.40 Å². The van der Waals surface area contributed by atoms with Crippen molar-refractivity contribution in [2.45, 2.75) is 18.4 Å². The summed E-state index contributed by atoms with van der Waals surface area (Å²) in [7, 11) is 3.16. The number of aromatic nitrogens is 3. The van der Waals surface area contributed by atoms with Crippen LogP contribution in [0.2, 0.25) is 0 Å². The molecular weight excluding hydrogens is 458 g/mol. The van der Waals surface area contributed by atoms with E-state index >= 15 is 0 Å². The summed E-state index contributed by atoms with van der Waals surface area (Å²) in [6.45, 7) is 0.341. The quantitative estimate of drug-likeness (QED) is 0.418. The highest BCUT2D eigenvalue weighted by Crippen LogP contribution is 2.37. The number of likely N-dealkylation sites (tertiary alicyclic amines) is 1. The molecule has 3 heterocycles. The molecule has 9 heteroatoms. The van der Waals surface area contributed by atoms with Crippen LogP contribution in [-0.2, 0) is 6.42 Å². The number of hydrogen-bond acceptors (Lipinski definition) is 6. The number of anilines is 1. The molecule has 9 nitrogen and oxygen atoms in total. The van der Waals surface area contributed by atoms with E-state index in [0.717, 1.165) is 5.56 Å². The van der Waals surface area contributed by atoms with Crippen LogP contribution in [0.3, 0.4) is 0 Å². The highest BCUT2D eigenvalue weighted by molar-refractivity contribution is 5.74. The number of methoxy groups -OCH3 is 2. The average molecular weight is 484 g/mol. The zero-order chi connectivity index (χ0) is 25.2. The van der Waals surface area contributed by atoms with Gasteiger partial charge in [0.1, 0.15) is 28.5 Å². The molecule has 2 aromatic heterocycles. The Kier molecular flexibility index (Phi) is 6.09. The van der Waals surface area contributed by atoms with Crippen molar-refractivity contribution in [3.05, 3.63) is 83.6 Å². The Hall–Kier alpha value is -4.71. The summed E-state index contributed by atoms with van der Waals surface area (Å²) in [4.78, 5) is 22.4. The van der Waals surface area contributed by atoms with Gasteiger partial charge < -0.3 is 25.2 Å². The maximum Gasteiger partial charge on any atom is 0.407 e. The Balaban J connectivity index is 1.55. The summed E-state index contributed by atoms with van der Waals surface area (Å²) in [5, 5.41) is 9.73. The van der Waals surface area contributed by atoms with Crippen LogP contribution in [0.15, 0.2) is 60.9 Å². The maximum atomic E-state index is 11.9. The van der Waals surface area contributed by atoms with E-state index in [1.54, 1.807) is 32.7 Å². The molecule has 5 rings (SSSR count). The lowest BCUT2D eigenvalue weighted by atomic mass is 9.83. The number of amides is 1. The van der Waals surface area contributed by atoms with Gasteiger partial charge in [0.15, 0.2) is 5.82 Å². The Morgan fingerprint density at radius 3 is 2.53 bits per heavy atom. The molecule has 1 amide bonds. The topological polar surface area (TPSA) is 115 Å². The monoisotopic (exact) mass is 483 g/mol. The van der Waals surface area contributed by atoms with Crippen LogP contribution in [0.25, 0.3) is 5.52 Å². The number of imidazole rings is 1. The second-order valence-corrected chi connectivity index (χ2v) is 8.50. The van der Waals surface area contributed by atoms with E-state index < -0.39 is 6.09 Å². The van der Waals surface area contributed by atoms with Gasteiger partial charge in [0, 0.05) is 30.6 Å². The molecule has 0 saturated carbocycles. The molecule has 36 heavy (non-hydrogen) atoms. The Bertz CT molecular complexity index is 1470. The van der Waals surface area contributed by atoms with Crippen LogP contribution in [0, 0.1) is 11.8 Å². The number of carbonyl (C=O) groups is 1. The number of ether oxygens (including phenoxy) is 2. The van der Waals surface area contributed by atoms with Crippen LogP contribution in [0.1, 0.15) is 28.6 Å². The van der Waals surface area contributed by atoms with Crippen LogP contribution >= 0.6 is 0 Å². The minimum absolute atomic E-state index is 0.122. The van der Waals surface area contributed by atoms with Crippen LogP contribution in [-0.4, -0.2) is 57.3 Å². The first-order valence-electron chi connectivity index (χ1n) is 11.4. The Labute approximate surface area is 208 Å². The predicted molar refractivity (Wildman–Crippen MR) is 134 cm³/mol. The molecule has 0 spiro atoms. The standard InChI is InChI=1S/C27H25N5O4/c1-35-19-12-18(13-20(15-19)36-2)8-9-22-24-25(28)29-10-11-31(24)26(30-22)21-16-32(27(33)34)23(21)14-17-6-4-3-5-7-17/h3-7,10-13,15,21,23H,14,16H2,1-2H3,(H2,28,29)(H,33,34). The van der Waals surface area contributed by atoms with Crippen molar-refractivity contribution >= 4 is 17.4 Å². The molecule has 0 aliphatic carbocycles. The van der Waals surface area contributed by atoms with E-state index in [1.165, 1.54) is 4.90 Å². The SMILES string of the molecule is COc1cc(C#Cc2nc(C3CN(C(=O)O)C3Cc3ccccc3)n3ccnc(N)c23)cc(OC)c1. The lowest BCUT2D eigenvalue weighted by Gasteiger charge is -2.45. The number of hydrogen-bond donors (Lipinski definition) is 2. The maximum absolute atomic E-state index is 11.9. The molecule has 0 bridgehead atoms. The molecule has 2 aromatic carbocycles. The van der Waals surface area contributed by atoms with Crippen molar-refractivity contribution in [1.82, 2.24) is 19.3 Å². The van der Waals surface area contributed by atoms with Crippen LogP contribution in [0.5, 0.6) is 11.5 Å². The largest absolute Gasteiger partial charge is 0.497 e. The van der Waals surface area contributed by atoms with E-state index in [1.807, 2.05) is 46.9 Å². The highest BCUT2D eigenvalue weighted by atomic mass is 16.5. The fraction of sp³-hybridized carbons (Fsp3) is 0.222. The third-order valence-corrected chi connectivity index (χ3v) is 6.41. The first-order chi connectivity index (χ1) is 17.5. The number of rotatable bonds is 5. The predicted octanol–water partition coefficient (Wildman–Crippen LogP) is 3.42. The molecule has 2 unspecified atom stereocenters. The Morgan fingerprint density at radius 1 is 1.14 bits per heavy atom. The molecule has 1 saturated heterocycles. The van der Waals surface area contributed by atoms with Crippen molar-refractivity contribution in [2.75, 3.05) is 26.5 Å². The fourth-order valence-corrected chi connectivity index (χ4v) is 4.58. The van der Waals surface area contributed by atoms with Gasteiger partial charge in [-0.15, -0.1) is 0 Å². The van der Waals surface area contributed by atoms with Gasteiger partial charge in [0.05, 0.1) is 26.2 Å². The van der Waals surface area contributed by atoms with E-state index in [2.05, 4.69) is 16.8 Å². The number of nitrogens with zero attached hydrogens (tertiary/aromatic N) is 4. The van der Waals surface area contributed by atoms with Crippen molar-refractivity contribution in [1.29, 1.82) is 0 Å². The molecule has 2 atom stereocenters. The van der Waals surface area contributed by atoms with E-state index in [4.69, 9.17) is 20.2 Å². The highest BCUT2D eigenvalue weighted by Gasteiger charge is 2.45. The zero-order valence-corrected chi connectivity index (χ0v) is 19.9. The second-order valence-electron chi connectivity index (χ2n) is 8.50. The molecule has 1 aliphatic rings. The molecular formula is C27H25N5O4.